The first-order chi connectivity index (χ1) is 14.8. The highest BCUT2D eigenvalue weighted by molar-refractivity contribution is 6.01. The van der Waals surface area contributed by atoms with Gasteiger partial charge in [0, 0.05) is 12.2 Å². The van der Waals surface area contributed by atoms with E-state index >= 15 is 0 Å². The van der Waals surface area contributed by atoms with Gasteiger partial charge >= 0.3 is 12.6 Å². The number of anilines is 1. The molecule has 2 aromatic carbocycles. The van der Waals surface area contributed by atoms with Crippen molar-refractivity contribution in [2.24, 2.45) is 0 Å². The zero-order valence-electron chi connectivity index (χ0n) is 17.5. The molecule has 2 rings (SSSR count). The molecule has 0 atom stereocenters. The van der Waals surface area contributed by atoms with E-state index in [0.29, 0.717) is 18.0 Å². The van der Waals surface area contributed by atoms with Gasteiger partial charge in [-0.25, -0.2) is 4.79 Å². The summed E-state index contributed by atoms with van der Waals surface area (Å²) < 4.78 is 39.8. The summed E-state index contributed by atoms with van der Waals surface area (Å²) in [5, 5.41) is 4.80. The smallest absolute Gasteiger partial charge is 0.387 e. The number of amides is 3. The standard InChI is InChI=1S/C21H25F2N3O5/c1-4-30-18-11-14(5-10-17(18)31-20(22)23)12-26(2)13-19(27)25-21(28)24-15-6-8-16(29-3)9-7-15/h5-11,20H,4,12-13H2,1-3H3,(H2,24,25,27,28). The van der Waals surface area contributed by atoms with Crippen LogP contribution < -0.4 is 24.8 Å². The van der Waals surface area contributed by atoms with Crippen LogP contribution in [0.5, 0.6) is 17.2 Å². The molecular formula is C21H25F2N3O5. The lowest BCUT2D eigenvalue weighted by Crippen LogP contribution is -2.40. The summed E-state index contributed by atoms with van der Waals surface area (Å²) in [6, 6.07) is 10.6. The van der Waals surface area contributed by atoms with Gasteiger partial charge in [-0.15, -0.1) is 0 Å². The van der Waals surface area contributed by atoms with Crippen molar-refractivity contribution in [1.82, 2.24) is 10.2 Å². The Balaban J connectivity index is 1.87. The van der Waals surface area contributed by atoms with Gasteiger partial charge in [0.25, 0.3) is 0 Å². The number of rotatable bonds is 10. The number of nitrogens with zero attached hydrogens (tertiary/aromatic N) is 1. The van der Waals surface area contributed by atoms with E-state index in [4.69, 9.17) is 9.47 Å². The molecule has 0 bridgehead atoms. The molecule has 0 aliphatic heterocycles. The van der Waals surface area contributed by atoms with Crippen molar-refractivity contribution in [2.75, 3.05) is 32.6 Å². The zero-order valence-corrected chi connectivity index (χ0v) is 17.5. The number of urea groups is 1. The maximum absolute atomic E-state index is 12.5. The molecule has 0 aliphatic carbocycles. The molecule has 0 saturated heterocycles. The van der Waals surface area contributed by atoms with Crippen molar-refractivity contribution in [3.63, 3.8) is 0 Å². The summed E-state index contributed by atoms with van der Waals surface area (Å²) in [6.45, 7) is -0.685. The third-order valence-electron chi connectivity index (χ3n) is 3.99. The Morgan fingerprint density at radius 3 is 2.42 bits per heavy atom. The number of carbonyl (C=O) groups is 2. The highest BCUT2D eigenvalue weighted by atomic mass is 19.3. The molecule has 2 N–H and O–H groups in total. The van der Waals surface area contributed by atoms with Crippen LogP contribution in [-0.2, 0) is 11.3 Å². The van der Waals surface area contributed by atoms with E-state index in [1.54, 1.807) is 55.3 Å². The number of nitrogens with one attached hydrogen (secondary N) is 2. The summed E-state index contributed by atoms with van der Waals surface area (Å²) >= 11 is 0. The summed E-state index contributed by atoms with van der Waals surface area (Å²) in [7, 11) is 3.22. The first-order valence-corrected chi connectivity index (χ1v) is 9.44. The van der Waals surface area contributed by atoms with E-state index in [-0.39, 0.29) is 24.7 Å². The highest BCUT2D eigenvalue weighted by Crippen LogP contribution is 2.30. The molecule has 0 spiro atoms. The molecule has 0 heterocycles. The number of alkyl halides is 2. The molecule has 31 heavy (non-hydrogen) atoms. The molecule has 2 aromatic rings. The maximum Gasteiger partial charge on any atom is 0.387 e. The van der Waals surface area contributed by atoms with Gasteiger partial charge in [0.2, 0.25) is 5.91 Å². The molecule has 0 aromatic heterocycles. The number of hydrogen-bond acceptors (Lipinski definition) is 6. The van der Waals surface area contributed by atoms with E-state index in [2.05, 4.69) is 15.4 Å². The fourth-order valence-electron chi connectivity index (χ4n) is 2.73. The molecule has 0 saturated carbocycles. The minimum atomic E-state index is -2.96. The zero-order chi connectivity index (χ0) is 22.8. The normalized spacial score (nSPS) is 10.7. The van der Waals surface area contributed by atoms with Crippen LogP contribution in [0.4, 0.5) is 19.3 Å². The molecule has 3 amide bonds. The minimum absolute atomic E-state index is 0.0591. The number of imide groups is 1. The van der Waals surface area contributed by atoms with Crippen LogP contribution in [0.2, 0.25) is 0 Å². The van der Waals surface area contributed by atoms with Gasteiger partial charge in [-0.3, -0.25) is 15.0 Å². The topological polar surface area (TPSA) is 89.1 Å². The maximum atomic E-state index is 12.5. The summed E-state index contributed by atoms with van der Waals surface area (Å²) in [5.74, 6) is 0.273. The quantitative estimate of drug-likeness (QED) is 0.592. The first kappa shape index (κ1) is 23.9. The second kappa shape index (κ2) is 11.7. The summed E-state index contributed by atoms with van der Waals surface area (Å²) in [5.41, 5.74) is 1.23. The fraction of sp³-hybridized carbons (Fsp3) is 0.333. The van der Waals surface area contributed by atoms with Crippen LogP contribution in [0, 0.1) is 0 Å². The Hall–Kier alpha value is -3.40. The Kier molecular flexibility index (Phi) is 9.01. The second-order valence-corrected chi connectivity index (χ2v) is 6.50. The molecule has 0 unspecified atom stereocenters. The number of benzene rings is 2. The number of methoxy groups -OCH3 is 1. The van der Waals surface area contributed by atoms with Crippen LogP contribution in [0.3, 0.4) is 0 Å². The van der Waals surface area contributed by atoms with Gasteiger partial charge in [-0.1, -0.05) is 6.07 Å². The van der Waals surface area contributed by atoms with Crippen molar-refractivity contribution in [1.29, 1.82) is 0 Å². The van der Waals surface area contributed by atoms with Crippen LogP contribution in [-0.4, -0.2) is 50.8 Å². The number of hydrogen-bond donors (Lipinski definition) is 2. The van der Waals surface area contributed by atoms with Crippen LogP contribution in [0.1, 0.15) is 12.5 Å². The van der Waals surface area contributed by atoms with Gasteiger partial charge in [-0.05, 0) is 55.9 Å². The van der Waals surface area contributed by atoms with Crippen molar-refractivity contribution in [2.45, 2.75) is 20.1 Å². The third-order valence-corrected chi connectivity index (χ3v) is 3.99. The fourth-order valence-corrected chi connectivity index (χ4v) is 2.73. The predicted octanol–water partition coefficient (Wildman–Crippen LogP) is 3.48. The minimum Gasteiger partial charge on any atom is -0.497 e. The lowest BCUT2D eigenvalue weighted by Gasteiger charge is -2.18. The van der Waals surface area contributed by atoms with Gasteiger partial charge in [0.1, 0.15) is 5.75 Å². The Morgan fingerprint density at radius 2 is 1.81 bits per heavy atom. The Labute approximate surface area is 179 Å². The number of likely N-dealkylation sites (N-methyl/N-ethyl adjacent to an activating group) is 1. The molecule has 0 aliphatic rings. The average molecular weight is 437 g/mol. The van der Waals surface area contributed by atoms with Crippen molar-refractivity contribution in [3.05, 3.63) is 48.0 Å². The molecule has 0 radical (unpaired) electrons. The van der Waals surface area contributed by atoms with E-state index in [1.807, 2.05) is 0 Å². The van der Waals surface area contributed by atoms with Crippen LogP contribution in [0.15, 0.2) is 42.5 Å². The van der Waals surface area contributed by atoms with E-state index < -0.39 is 18.5 Å². The number of carbonyl (C=O) groups excluding carboxylic acids is 2. The summed E-state index contributed by atoms with van der Waals surface area (Å²) in [4.78, 5) is 25.8. The van der Waals surface area contributed by atoms with Crippen molar-refractivity contribution >= 4 is 17.6 Å². The van der Waals surface area contributed by atoms with Gasteiger partial charge in [0.05, 0.1) is 20.3 Å². The monoisotopic (exact) mass is 437 g/mol. The van der Waals surface area contributed by atoms with Crippen LogP contribution in [0.25, 0.3) is 0 Å². The highest BCUT2D eigenvalue weighted by Gasteiger charge is 2.14. The average Bonchev–Trinajstić information content (AvgIpc) is 2.70. The number of halogens is 2. The van der Waals surface area contributed by atoms with E-state index in [1.165, 1.54) is 13.2 Å². The molecule has 168 valence electrons. The lowest BCUT2D eigenvalue weighted by molar-refractivity contribution is -0.120. The Morgan fingerprint density at radius 1 is 1.10 bits per heavy atom. The first-order valence-electron chi connectivity index (χ1n) is 9.44. The van der Waals surface area contributed by atoms with Gasteiger partial charge in [-0.2, -0.15) is 8.78 Å². The molecule has 0 fully saturated rings. The van der Waals surface area contributed by atoms with Crippen molar-refractivity contribution < 1.29 is 32.6 Å². The Bertz CT molecular complexity index is 878. The predicted molar refractivity (Wildman–Crippen MR) is 111 cm³/mol. The largest absolute Gasteiger partial charge is 0.497 e. The van der Waals surface area contributed by atoms with E-state index in [0.717, 1.165) is 5.56 Å². The van der Waals surface area contributed by atoms with Crippen LogP contribution >= 0.6 is 0 Å². The third kappa shape index (κ3) is 8.09. The molecule has 10 heteroatoms. The van der Waals surface area contributed by atoms with Gasteiger partial charge in [0.15, 0.2) is 11.5 Å². The molecule has 8 nitrogen and oxygen atoms in total. The van der Waals surface area contributed by atoms with Gasteiger partial charge < -0.3 is 19.5 Å². The van der Waals surface area contributed by atoms with E-state index in [9.17, 15) is 18.4 Å². The summed E-state index contributed by atoms with van der Waals surface area (Å²) in [6.07, 6.45) is 0. The molecular weight excluding hydrogens is 412 g/mol. The second-order valence-electron chi connectivity index (χ2n) is 6.50. The van der Waals surface area contributed by atoms with Crippen molar-refractivity contribution in [3.8, 4) is 17.2 Å². The SMILES string of the molecule is CCOc1cc(CN(C)CC(=O)NC(=O)Nc2ccc(OC)cc2)ccc1OC(F)F. The lowest BCUT2D eigenvalue weighted by atomic mass is 10.2. The number of ether oxygens (including phenoxy) is 3.